The molecule has 0 atom stereocenters. The van der Waals surface area contributed by atoms with Crippen molar-refractivity contribution in [3.05, 3.63) is 105 Å². The Morgan fingerprint density at radius 3 is 1.26 bits per heavy atom. The lowest BCUT2D eigenvalue weighted by molar-refractivity contribution is -0.113. The molecule has 34 heavy (non-hydrogen) atoms. The van der Waals surface area contributed by atoms with Crippen molar-refractivity contribution in [2.45, 2.75) is 52.4 Å². The molecule has 0 heterocycles. The summed E-state index contributed by atoms with van der Waals surface area (Å²) in [7, 11) is 0. The third-order valence-electron chi connectivity index (χ3n) is 6.54. The quantitative estimate of drug-likeness (QED) is 0.559. The molecule has 4 nitrogen and oxygen atoms in total. The number of carbonyl (C=O) groups is 2. The first-order chi connectivity index (χ1) is 16.4. The van der Waals surface area contributed by atoms with Crippen molar-refractivity contribution < 1.29 is 9.59 Å². The van der Waals surface area contributed by atoms with Gasteiger partial charge in [-0.2, -0.15) is 0 Å². The summed E-state index contributed by atoms with van der Waals surface area (Å²) in [5.74, 6) is -0.525. The summed E-state index contributed by atoms with van der Waals surface area (Å²) >= 11 is 0. The minimum Gasteiger partial charge on any atom is -0.398 e. The number of nitrogens with two attached hydrogens (primary N) is 2. The Morgan fingerprint density at radius 2 is 0.941 bits per heavy atom. The molecular weight excluding hydrogens is 420 g/mol. The highest BCUT2D eigenvalue weighted by molar-refractivity contribution is 6.42. The fourth-order valence-corrected chi connectivity index (χ4v) is 4.53. The lowest BCUT2D eigenvalue weighted by Crippen LogP contribution is -2.28. The average molecular weight is 453 g/mol. The van der Waals surface area contributed by atoms with Crippen LogP contribution in [0.1, 0.15) is 61.8 Å². The Labute approximate surface area is 201 Å². The van der Waals surface area contributed by atoms with Gasteiger partial charge in [-0.25, -0.2) is 0 Å². The van der Waals surface area contributed by atoms with Crippen molar-refractivity contribution in [2.75, 3.05) is 0 Å². The van der Waals surface area contributed by atoms with Gasteiger partial charge in [0.15, 0.2) is 11.6 Å². The lowest BCUT2D eigenvalue weighted by Gasteiger charge is -2.25. The van der Waals surface area contributed by atoms with E-state index in [0.717, 1.165) is 49.7 Å². The Morgan fingerprint density at radius 1 is 0.588 bits per heavy atom. The zero-order chi connectivity index (χ0) is 24.2. The maximum Gasteiger partial charge on any atom is 0.196 e. The molecule has 0 saturated heterocycles. The number of benzene rings is 2. The number of allylic oxidation sites excluding steroid dienone is 6. The van der Waals surface area contributed by atoms with Crippen molar-refractivity contribution in [2.24, 2.45) is 11.5 Å². The number of aryl methyl sites for hydroxylation is 2. The Bertz CT molecular complexity index is 1140. The SMILES string of the molecule is CCCCc1ccc(C2=CC(N)=C3C(=O)C(c4ccc(CCCC)cc4)=CC(N)=C3C2=O)cc1. The van der Waals surface area contributed by atoms with Crippen molar-refractivity contribution >= 4 is 22.7 Å². The van der Waals surface area contributed by atoms with E-state index < -0.39 is 0 Å². The molecule has 4 rings (SSSR count). The van der Waals surface area contributed by atoms with Gasteiger partial charge in [0.05, 0.1) is 11.1 Å². The van der Waals surface area contributed by atoms with Crippen LogP contribution < -0.4 is 11.5 Å². The molecule has 4 N–H and O–H groups in total. The first-order valence-electron chi connectivity index (χ1n) is 12.2. The molecule has 0 aromatic heterocycles. The largest absolute Gasteiger partial charge is 0.398 e. The highest BCUT2D eigenvalue weighted by Gasteiger charge is 2.36. The van der Waals surface area contributed by atoms with Crippen LogP contribution in [-0.2, 0) is 22.4 Å². The van der Waals surface area contributed by atoms with Crippen LogP contribution in [0.3, 0.4) is 0 Å². The predicted octanol–water partition coefficient (Wildman–Crippen LogP) is 5.43. The fourth-order valence-electron chi connectivity index (χ4n) is 4.53. The summed E-state index contributed by atoms with van der Waals surface area (Å²) in [6, 6.07) is 15.9. The van der Waals surface area contributed by atoms with E-state index in [2.05, 4.69) is 13.8 Å². The van der Waals surface area contributed by atoms with Crippen molar-refractivity contribution in [3.63, 3.8) is 0 Å². The Hall–Kier alpha value is -3.66. The monoisotopic (exact) mass is 452 g/mol. The molecular formula is C30H32N2O2. The Kier molecular flexibility index (Phi) is 6.97. The van der Waals surface area contributed by atoms with E-state index in [1.165, 1.54) is 11.1 Å². The van der Waals surface area contributed by atoms with Crippen LogP contribution in [0.15, 0.2) is 83.2 Å². The van der Waals surface area contributed by atoms with Gasteiger partial charge >= 0.3 is 0 Å². The molecule has 0 amide bonds. The second kappa shape index (κ2) is 10.1. The van der Waals surface area contributed by atoms with E-state index in [-0.39, 0.29) is 34.1 Å². The highest BCUT2D eigenvalue weighted by Crippen LogP contribution is 2.38. The average Bonchev–Trinajstić information content (AvgIpc) is 2.85. The Balaban J connectivity index is 1.67. The van der Waals surface area contributed by atoms with Gasteiger partial charge in [0.25, 0.3) is 0 Å². The van der Waals surface area contributed by atoms with Crippen molar-refractivity contribution in [1.82, 2.24) is 0 Å². The van der Waals surface area contributed by atoms with Crippen LogP contribution in [0.25, 0.3) is 11.1 Å². The molecule has 0 bridgehead atoms. The fraction of sp³-hybridized carbons (Fsp3) is 0.267. The van der Waals surface area contributed by atoms with Gasteiger partial charge < -0.3 is 11.5 Å². The maximum absolute atomic E-state index is 13.4. The van der Waals surface area contributed by atoms with E-state index >= 15 is 0 Å². The van der Waals surface area contributed by atoms with E-state index in [1.807, 2.05) is 48.5 Å². The zero-order valence-corrected chi connectivity index (χ0v) is 20.0. The molecule has 174 valence electrons. The van der Waals surface area contributed by atoms with Gasteiger partial charge in [0.2, 0.25) is 0 Å². The number of ketones is 2. The van der Waals surface area contributed by atoms with Gasteiger partial charge in [-0.15, -0.1) is 0 Å². The third kappa shape index (κ3) is 4.54. The minimum absolute atomic E-state index is 0.207. The summed E-state index contributed by atoms with van der Waals surface area (Å²) in [5.41, 5.74) is 18.6. The number of rotatable bonds is 8. The van der Waals surface area contributed by atoms with Crippen LogP contribution in [0.4, 0.5) is 0 Å². The molecule has 0 radical (unpaired) electrons. The first-order valence-corrected chi connectivity index (χ1v) is 12.2. The first kappa shape index (κ1) is 23.5. The summed E-state index contributed by atoms with van der Waals surface area (Å²) in [5, 5.41) is 0. The maximum atomic E-state index is 13.4. The van der Waals surface area contributed by atoms with Gasteiger partial charge in [-0.05, 0) is 60.1 Å². The third-order valence-corrected chi connectivity index (χ3v) is 6.54. The van der Waals surface area contributed by atoms with Crippen LogP contribution in [-0.4, -0.2) is 11.6 Å². The lowest BCUT2D eigenvalue weighted by atomic mass is 9.77. The van der Waals surface area contributed by atoms with E-state index in [1.54, 1.807) is 12.2 Å². The second-order valence-electron chi connectivity index (χ2n) is 9.04. The highest BCUT2D eigenvalue weighted by atomic mass is 16.1. The van der Waals surface area contributed by atoms with E-state index in [4.69, 9.17) is 11.5 Å². The summed E-state index contributed by atoms with van der Waals surface area (Å²) in [6.07, 6.45) is 9.77. The molecule has 0 saturated carbocycles. The summed E-state index contributed by atoms with van der Waals surface area (Å²) in [6.45, 7) is 4.33. The molecule has 0 unspecified atom stereocenters. The van der Waals surface area contributed by atoms with E-state index in [0.29, 0.717) is 11.1 Å². The number of carbonyl (C=O) groups excluding carboxylic acids is 2. The number of hydrogen-bond acceptors (Lipinski definition) is 4. The van der Waals surface area contributed by atoms with Gasteiger partial charge in [0, 0.05) is 22.5 Å². The predicted molar refractivity (Wildman–Crippen MR) is 139 cm³/mol. The van der Waals surface area contributed by atoms with Gasteiger partial charge in [-0.1, -0.05) is 75.2 Å². The number of hydrogen-bond donors (Lipinski definition) is 2. The topological polar surface area (TPSA) is 86.2 Å². The molecule has 2 aromatic carbocycles. The number of unbranched alkanes of at least 4 members (excludes halogenated alkanes) is 2. The van der Waals surface area contributed by atoms with Gasteiger partial charge in [-0.3, -0.25) is 9.59 Å². The molecule has 2 aliphatic carbocycles. The molecule has 2 aromatic rings. The molecule has 0 spiro atoms. The van der Waals surface area contributed by atoms with Gasteiger partial charge in [0.1, 0.15) is 0 Å². The van der Waals surface area contributed by atoms with E-state index in [9.17, 15) is 9.59 Å². The zero-order valence-electron chi connectivity index (χ0n) is 20.0. The molecule has 4 heteroatoms. The number of fused-ring (bicyclic) bond motifs is 1. The minimum atomic E-state index is -0.262. The summed E-state index contributed by atoms with van der Waals surface area (Å²) in [4.78, 5) is 26.9. The normalized spacial score (nSPS) is 15.9. The molecule has 0 aliphatic heterocycles. The van der Waals surface area contributed by atoms with Crippen molar-refractivity contribution in [1.29, 1.82) is 0 Å². The van der Waals surface area contributed by atoms with Crippen LogP contribution >= 0.6 is 0 Å². The molecule has 2 aliphatic rings. The molecule has 0 fully saturated rings. The van der Waals surface area contributed by atoms with Crippen LogP contribution in [0, 0.1) is 0 Å². The number of Topliss-reactive ketones (excluding diaryl/α,β-unsaturated/α-hetero) is 2. The standard InChI is InChI=1S/C30H32N2O2/c1-3-5-7-19-9-13-21(14-10-19)23-17-25(31)28-27(29(23)33)26(32)18-24(30(28)34)22-15-11-20(12-16-22)8-6-4-2/h9-18H,3-8,31-32H2,1-2H3. The summed E-state index contributed by atoms with van der Waals surface area (Å²) < 4.78 is 0. The second-order valence-corrected chi connectivity index (χ2v) is 9.04. The van der Waals surface area contributed by atoms with Crippen molar-refractivity contribution in [3.8, 4) is 0 Å². The van der Waals surface area contributed by atoms with Crippen LogP contribution in [0.5, 0.6) is 0 Å². The van der Waals surface area contributed by atoms with Crippen LogP contribution in [0.2, 0.25) is 0 Å². The smallest absolute Gasteiger partial charge is 0.196 e.